The number of anilines is 1. The van der Waals surface area contributed by atoms with Crippen molar-refractivity contribution in [3.63, 3.8) is 0 Å². The Balaban J connectivity index is 3.31. The van der Waals surface area contributed by atoms with Crippen molar-refractivity contribution in [3.05, 3.63) is 27.8 Å². The Hall–Kier alpha value is -1.09. The molecule has 16 heteroatoms. The van der Waals surface area contributed by atoms with Gasteiger partial charge in [-0.25, -0.2) is 13.0 Å². The van der Waals surface area contributed by atoms with Crippen LogP contribution in [0.15, 0.2) is 17.0 Å². The van der Waals surface area contributed by atoms with E-state index in [4.69, 9.17) is 9.79 Å². The number of sulfone groups is 1. The molecule has 0 radical (unpaired) electrons. The molecule has 1 rings (SSSR count). The maximum absolute atomic E-state index is 12.6. The molecule has 0 aliphatic heterocycles. The van der Waals surface area contributed by atoms with Gasteiger partial charge in [-0.3, -0.25) is 19.4 Å². The molecule has 0 heterocycles. The lowest BCUT2D eigenvalue weighted by Crippen LogP contribution is -2.30. The Morgan fingerprint density at radius 3 is 2.32 bits per heavy atom. The van der Waals surface area contributed by atoms with E-state index in [0.717, 1.165) is 12.3 Å². The van der Waals surface area contributed by atoms with Crippen LogP contribution in [0, 0.1) is 10.1 Å². The van der Waals surface area contributed by atoms with Crippen LogP contribution >= 0.6 is 39.7 Å². The number of hydrogen-bond acceptors (Lipinski definition) is 8. The van der Waals surface area contributed by atoms with Gasteiger partial charge in [0.15, 0.2) is 9.84 Å². The van der Waals surface area contributed by atoms with Crippen molar-refractivity contribution in [1.82, 2.24) is 5.32 Å². The van der Waals surface area contributed by atoms with Crippen LogP contribution in [0.25, 0.3) is 0 Å². The third-order valence-electron chi connectivity index (χ3n) is 3.83. The van der Waals surface area contributed by atoms with Crippen LogP contribution in [0.5, 0.6) is 0 Å². The summed E-state index contributed by atoms with van der Waals surface area (Å²) in [5, 5.41) is 14.9. The number of nitrogens with zero attached hydrogens (tertiary/aromatic N) is 2. The summed E-state index contributed by atoms with van der Waals surface area (Å²) in [6, 6.07) is 2.03. The third kappa shape index (κ3) is 9.12. The summed E-state index contributed by atoms with van der Waals surface area (Å²) < 4.78 is 39.5. The number of halogens is 2. The van der Waals surface area contributed by atoms with E-state index >= 15 is 0 Å². The van der Waals surface area contributed by atoms with Crippen molar-refractivity contribution < 1.29 is 37.0 Å². The average molecular weight is 611 g/mol. The zero-order valence-corrected chi connectivity index (χ0v) is 21.2. The molecule has 1 aromatic rings. The van der Waals surface area contributed by atoms with E-state index in [1.54, 1.807) is 4.90 Å². The summed E-state index contributed by atoms with van der Waals surface area (Å²) in [5.41, 5.74) is -0.856. The second-order valence-electron chi connectivity index (χ2n) is 6.16. The second kappa shape index (κ2) is 12.2. The molecule has 0 saturated carbocycles. The lowest BCUT2D eigenvalue weighted by atomic mass is 10.1. The summed E-state index contributed by atoms with van der Waals surface area (Å²) in [4.78, 5) is 41.9. The second-order valence-corrected chi connectivity index (χ2v) is 11.0. The highest BCUT2D eigenvalue weighted by Crippen LogP contribution is 2.35. The Kier molecular flexibility index (Phi) is 11.0. The van der Waals surface area contributed by atoms with E-state index in [1.807, 2.05) is 0 Å². The number of carbonyl (C=O) groups is 1. The fourth-order valence-electron chi connectivity index (χ4n) is 2.54. The van der Waals surface area contributed by atoms with Gasteiger partial charge in [-0.15, -0.1) is 0 Å². The first kappa shape index (κ1) is 27.9. The van der Waals surface area contributed by atoms with Gasteiger partial charge >= 0.3 is 7.82 Å². The lowest BCUT2D eigenvalue weighted by Gasteiger charge is -2.25. The number of phosphoric acid groups is 1. The Morgan fingerprint density at radius 1 is 1.29 bits per heavy atom. The van der Waals surface area contributed by atoms with Crippen LogP contribution in [0.1, 0.15) is 16.8 Å². The number of nitro benzene ring substituents is 1. The number of alkyl halides is 2. The van der Waals surface area contributed by atoms with Gasteiger partial charge in [0.1, 0.15) is 5.56 Å². The molecule has 0 spiro atoms. The number of benzene rings is 1. The zero-order chi connectivity index (χ0) is 23.8. The number of nitro groups is 1. The molecule has 31 heavy (non-hydrogen) atoms. The third-order valence-corrected chi connectivity index (χ3v) is 6.19. The molecule has 0 aromatic heterocycles. The smallest absolute Gasteiger partial charge is 0.369 e. The van der Waals surface area contributed by atoms with E-state index in [9.17, 15) is 27.9 Å². The number of carbonyl (C=O) groups excluding carboxylic acids is 1. The first-order valence-electron chi connectivity index (χ1n) is 8.69. The number of hydrogen-bond donors (Lipinski definition) is 3. The maximum atomic E-state index is 12.6. The molecule has 0 aliphatic carbocycles. The molecule has 12 nitrogen and oxygen atoms in total. The molecule has 0 unspecified atom stereocenters. The SMILES string of the molecule is CS(=O)(=O)c1cc([N+](=O)[O-])c(C(=O)NCCCOP(=O)(O)O)cc1N(CCBr)CCBr. The highest BCUT2D eigenvalue weighted by Gasteiger charge is 2.28. The molecule has 0 aliphatic rings. The van der Waals surface area contributed by atoms with Crippen LogP contribution < -0.4 is 10.2 Å². The first-order chi connectivity index (χ1) is 14.3. The molecule has 0 atom stereocenters. The van der Waals surface area contributed by atoms with Crippen LogP contribution in [-0.4, -0.2) is 72.2 Å². The van der Waals surface area contributed by atoms with Crippen LogP contribution in [0.2, 0.25) is 0 Å². The minimum absolute atomic E-state index is 0.0399. The van der Waals surface area contributed by atoms with Gasteiger partial charge in [0.25, 0.3) is 11.6 Å². The highest BCUT2D eigenvalue weighted by atomic mass is 79.9. The van der Waals surface area contributed by atoms with Crippen molar-refractivity contribution in [3.8, 4) is 0 Å². The van der Waals surface area contributed by atoms with Crippen molar-refractivity contribution in [2.24, 2.45) is 0 Å². The fraction of sp³-hybridized carbons (Fsp3) is 0.533. The van der Waals surface area contributed by atoms with Gasteiger partial charge in [0, 0.05) is 42.6 Å². The first-order valence-corrected chi connectivity index (χ1v) is 14.4. The minimum atomic E-state index is -4.63. The van der Waals surface area contributed by atoms with Gasteiger partial charge < -0.3 is 20.0 Å². The maximum Gasteiger partial charge on any atom is 0.469 e. The molecule has 1 aromatic carbocycles. The van der Waals surface area contributed by atoms with Crippen LogP contribution in [0.3, 0.4) is 0 Å². The van der Waals surface area contributed by atoms with E-state index in [-0.39, 0.29) is 35.7 Å². The normalized spacial score (nSPS) is 11.9. The summed E-state index contributed by atoms with van der Waals surface area (Å²) in [7, 11) is -8.48. The predicted molar refractivity (Wildman–Crippen MR) is 121 cm³/mol. The minimum Gasteiger partial charge on any atom is -0.369 e. The van der Waals surface area contributed by atoms with E-state index in [2.05, 4.69) is 41.7 Å². The average Bonchev–Trinajstić information content (AvgIpc) is 2.64. The van der Waals surface area contributed by atoms with E-state index in [1.165, 1.54) is 6.07 Å². The van der Waals surface area contributed by atoms with Crippen molar-refractivity contribution in [2.45, 2.75) is 11.3 Å². The molecular formula is C15H22Br2N3O9PS. The Bertz CT molecular complexity index is 949. The number of nitrogens with one attached hydrogen (secondary N) is 1. The summed E-state index contributed by atoms with van der Waals surface area (Å²) in [6.07, 6.45) is 0.967. The highest BCUT2D eigenvalue weighted by molar-refractivity contribution is 9.09. The largest absolute Gasteiger partial charge is 0.469 e. The van der Waals surface area contributed by atoms with Gasteiger partial charge in [0.2, 0.25) is 0 Å². The predicted octanol–water partition coefficient (Wildman–Crippen LogP) is 1.82. The van der Waals surface area contributed by atoms with Crippen molar-refractivity contribution in [1.29, 1.82) is 0 Å². The van der Waals surface area contributed by atoms with Crippen LogP contribution in [0.4, 0.5) is 11.4 Å². The molecule has 3 N–H and O–H groups in total. The topological polar surface area (TPSA) is 176 Å². The Morgan fingerprint density at radius 2 is 1.87 bits per heavy atom. The number of phosphoric ester groups is 1. The van der Waals surface area contributed by atoms with Gasteiger partial charge in [-0.05, 0) is 12.5 Å². The monoisotopic (exact) mass is 609 g/mol. The van der Waals surface area contributed by atoms with Gasteiger partial charge in [0.05, 0.1) is 22.1 Å². The molecule has 0 fully saturated rings. The van der Waals surface area contributed by atoms with E-state index < -0.39 is 34.2 Å². The lowest BCUT2D eigenvalue weighted by molar-refractivity contribution is -0.385. The number of amides is 1. The van der Waals surface area contributed by atoms with Crippen LogP contribution in [-0.2, 0) is 18.9 Å². The van der Waals surface area contributed by atoms with E-state index in [0.29, 0.717) is 23.7 Å². The molecule has 176 valence electrons. The molecule has 0 bridgehead atoms. The fourth-order valence-corrected chi connectivity index (χ4v) is 4.66. The summed E-state index contributed by atoms with van der Waals surface area (Å²) in [6.45, 7) is 0.347. The zero-order valence-electron chi connectivity index (χ0n) is 16.4. The molecular weight excluding hydrogens is 589 g/mol. The quantitative estimate of drug-likeness (QED) is 0.0981. The number of rotatable bonds is 13. The van der Waals surface area contributed by atoms with Crippen molar-refractivity contribution in [2.75, 3.05) is 48.1 Å². The summed E-state index contributed by atoms with van der Waals surface area (Å²) in [5.74, 6) is -0.832. The van der Waals surface area contributed by atoms with Crippen molar-refractivity contribution >= 4 is 66.8 Å². The Labute approximate surface area is 195 Å². The summed E-state index contributed by atoms with van der Waals surface area (Å²) >= 11 is 6.56. The van der Waals surface area contributed by atoms with Gasteiger partial charge in [-0.1, -0.05) is 31.9 Å². The molecule has 1 amide bonds. The van der Waals surface area contributed by atoms with Gasteiger partial charge in [-0.2, -0.15) is 0 Å². The molecule has 0 saturated heterocycles. The standard InChI is InChI=1S/C15H22Br2N3O9PS/c1-31(27,28)14-10-12(20(22)23)11(9-13(14)19(6-3-16)7-4-17)15(21)18-5-2-8-29-30(24,25)26/h9-10H,2-8H2,1H3,(H,18,21)(H2,24,25,26).